The SMILES string of the molecule is CC[C@@H](CO)NS(=O)(=O)c1cc(C(=O)O)n(CC)c1. The Balaban J connectivity index is 3.12. The summed E-state index contributed by atoms with van der Waals surface area (Å²) in [7, 11) is -3.82. The summed E-state index contributed by atoms with van der Waals surface area (Å²) in [6, 6.07) is 0.529. The van der Waals surface area contributed by atoms with E-state index in [0.29, 0.717) is 13.0 Å². The number of carbonyl (C=O) groups is 1. The van der Waals surface area contributed by atoms with Gasteiger partial charge in [-0.2, -0.15) is 0 Å². The van der Waals surface area contributed by atoms with Gasteiger partial charge in [0.15, 0.2) is 0 Å². The second-order valence-corrected chi connectivity index (χ2v) is 5.78. The van der Waals surface area contributed by atoms with Gasteiger partial charge < -0.3 is 14.8 Å². The van der Waals surface area contributed by atoms with Gasteiger partial charge in [0.1, 0.15) is 10.6 Å². The normalized spacial score (nSPS) is 13.4. The van der Waals surface area contributed by atoms with Crippen molar-refractivity contribution in [3.05, 3.63) is 18.0 Å². The highest BCUT2D eigenvalue weighted by molar-refractivity contribution is 7.89. The summed E-state index contributed by atoms with van der Waals surface area (Å²) in [5, 5.41) is 18.0. The zero-order valence-corrected chi connectivity index (χ0v) is 11.6. The Hall–Kier alpha value is -1.38. The Morgan fingerprint density at radius 3 is 2.47 bits per heavy atom. The molecule has 8 heteroatoms. The van der Waals surface area contributed by atoms with E-state index in [1.54, 1.807) is 13.8 Å². The lowest BCUT2D eigenvalue weighted by molar-refractivity contribution is 0.0685. The zero-order chi connectivity index (χ0) is 14.6. The molecule has 1 heterocycles. The van der Waals surface area contributed by atoms with Gasteiger partial charge in [-0.15, -0.1) is 0 Å². The summed E-state index contributed by atoms with van der Waals surface area (Å²) in [5.41, 5.74) is -0.0834. The van der Waals surface area contributed by atoms with Gasteiger partial charge >= 0.3 is 5.97 Å². The number of carboxylic acid groups (broad SMARTS) is 1. The first kappa shape index (κ1) is 15.7. The highest BCUT2D eigenvalue weighted by Gasteiger charge is 2.23. The number of aliphatic hydroxyl groups excluding tert-OH is 1. The van der Waals surface area contributed by atoms with Crippen molar-refractivity contribution in [3.8, 4) is 0 Å². The number of rotatable bonds is 7. The zero-order valence-electron chi connectivity index (χ0n) is 10.8. The maximum atomic E-state index is 12.0. The van der Waals surface area contributed by atoms with Crippen LogP contribution in [0, 0.1) is 0 Å². The topological polar surface area (TPSA) is 109 Å². The molecule has 0 fully saturated rings. The highest BCUT2D eigenvalue weighted by atomic mass is 32.2. The van der Waals surface area contributed by atoms with Crippen molar-refractivity contribution in [1.29, 1.82) is 0 Å². The number of hydrogen-bond acceptors (Lipinski definition) is 4. The van der Waals surface area contributed by atoms with Gasteiger partial charge in [0, 0.05) is 18.8 Å². The molecule has 0 aliphatic carbocycles. The van der Waals surface area contributed by atoms with E-state index in [1.807, 2.05) is 0 Å². The first-order valence-corrected chi connectivity index (χ1v) is 7.40. The number of aromatic carboxylic acids is 1. The number of nitrogens with zero attached hydrogens (tertiary/aromatic N) is 1. The van der Waals surface area contributed by atoms with E-state index in [0.717, 1.165) is 6.07 Å². The lowest BCUT2D eigenvalue weighted by Crippen LogP contribution is -2.36. The van der Waals surface area contributed by atoms with Gasteiger partial charge in [0.25, 0.3) is 0 Å². The van der Waals surface area contributed by atoms with Crippen molar-refractivity contribution in [3.63, 3.8) is 0 Å². The predicted octanol–water partition coefficient (Wildman–Crippen LogP) is 0.255. The van der Waals surface area contributed by atoms with Crippen LogP contribution in [0.2, 0.25) is 0 Å². The van der Waals surface area contributed by atoms with Crippen LogP contribution in [0.25, 0.3) is 0 Å². The second-order valence-electron chi connectivity index (χ2n) is 4.06. The third-order valence-electron chi connectivity index (χ3n) is 2.78. The van der Waals surface area contributed by atoms with E-state index in [-0.39, 0.29) is 17.2 Å². The van der Waals surface area contributed by atoms with Crippen LogP contribution in [0.4, 0.5) is 0 Å². The Morgan fingerprint density at radius 2 is 2.11 bits per heavy atom. The van der Waals surface area contributed by atoms with Gasteiger partial charge in [-0.25, -0.2) is 17.9 Å². The second kappa shape index (κ2) is 6.18. The average molecular weight is 290 g/mol. The molecule has 0 unspecified atom stereocenters. The van der Waals surface area contributed by atoms with Crippen LogP contribution in [0.5, 0.6) is 0 Å². The van der Waals surface area contributed by atoms with Crippen molar-refractivity contribution in [2.75, 3.05) is 6.61 Å². The Morgan fingerprint density at radius 1 is 1.47 bits per heavy atom. The largest absolute Gasteiger partial charge is 0.477 e. The highest BCUT2D eigenvalue weighted by Crippen LogP contribution is 2.15. The van der Waals surface area contributed by atoms with Gasteiger partial charge in [-0.1, -0.05) is 6.92 Å². The first-order valence-electron chi connectivity index (χ1n) is 5.92. The molecular weight excluding hydrogens is 272 g/mol. The molecule has 7 nitrogen and oxygen atoms in total. The molecule has 0 aliphatic rings. The van der Waals surface area contributed by atoms with Crippen LogP contribution >= 0.6 is 0 Å². The summed E-state index contributed by atoms with van der Waals surface area (Å²) in [6.45, 7) is 3.51. The van der Waals surface area contributed by atoms with Crippen molar-refractivity contribution in [2.24, 2.45) is 0 Å². The smallest absolute Gasteiger partial charge is 0.352 e. The molecule has 1 aromatic rings. The summed E-state index contributed by atoms with van der Waals surface area (Å²) in [4.78, 5) is 10.9. The molecule has 108 valence electrons. The van der Waals surface area contributed by atoms with Crippen LogP contribution in [-0.2, 0) is 16.6 Å². The van der Waals surface area contributed by atoms with Crippen molar-refractivity contribution >= 4 is 16.0 Å². The minimum absolute atomic E-state index is 0.0834. The lowest BCUT2D eigenvalue weighted by atomic mass is 10.3. The van der Waals surface area contributed by atoms with E-state index >= 15 is 0 Å². The van der Waals surface area contributed by atoms with Crippen molar-refractivity contribution in [2.45, 2.75) is 37.8 Å². The van der Waals surface area contributed by atoms with Crippen LogP contribution < -0.4 is 4.72 Å². The molecule has 0 saturated carbocycles. The molecule has 1 aromatic heterocycles. The third-order valence-corrected chi connectivity index (χ3v) is 4.26. The molecule has 0 amide bonds. The number of hydrogen-bond donors (Lipinski definition) is 3. The fraction of sp³-hybridized carbons (Fsp3) is 0.545. The minimum Gasteiger partial charge on any atom is -0.477 e. The molecule has 0 radical (unpaired) electrons. The predicted molar refractivity (Wildman–Crippen MR) is 68.6 cm³/mol. The van der Waals surface area contributed by atoms with Gasteiger partial charge in [-0.05, 0) is 19.4 Å². The standard InChI is InChI=1S/C11H18N2O5S/c1-3-8(7-14)12-19(17,18)9-5-10(11(15)16)13(4-2)6-9/h5-6,8,12,14H,3-4,7H2,1-2H3,(H,15,16)/t8-/m0/s1. The molecule has 3 N–H and O–H groups in total. The number of aromatic nitrogens is 1. The average Bonchev–Trinajstić information content (AvgIpc) is 2.81. The van der Waals surface area contributed by atoms with E-state index in [9.17, 15) is 13.2 Å². The molecule has 0 aromatic carbocycles. The summed E-state index contributed by atoms with van der Waals surface area (Å²) in [5.74, 6) is -1.18. The van der Waals surface area contributed by atoms with E-state index in [2.05, 4.69) is 4.72 Å². The van der Waals surface area contributed by atoms with Crippen LogP contribution in [-0.4, -0.2) is 41.8 Å². The first-order chi connectivity index (χ1) is 8.85. The Labute approximate surface area is 111 Å². The fourth-order valence-electron chi connectivity index (χ4n) is 1.61. The van der Waals surface area contributed by atoms with Crippen molar-refractivity contribution in [1.82, 2.24) is 9.29 Å². The van der Waals surface area contributed by atoms with E-state index in [4.69, 9.17) is 10.2 Å². The lowest BCUT2D eigenvalue weighted by Gasteiger charge is -2.13. The van der Waals surface area contributed by atoms with Crippen LogP contribution in [0.3, 0.4) is 0 Å². The number of aryl methyl sites for hydroxylation is 1. The van der Waals surface area contributed by atoms with Gasteiger partial charge in [-0.3, -0.25) is 0 Å². The van der Waals surface area contributed by atoms with Crippen molar-refractivity contribution < 1.29 is 23.4 Å². The van der Waals surface area contributed by atoms with E-state index < -0.39 is 22.0 Å². The molecule has 0 aliphatic heterocycles. The summed E-state index contributed by atoms with van der Waals surface area (Å²) < 4.78 is 27.7. The summed E-state index contributed by atoms with van der Waals surface area (Å²) >= 11 is 0. The van der Waals surface area contributed by atoms with Crippen LogP contribution in [0.15, 0.2) is 17.2 Å². The van der Waals surface area contributed by atoms with Gasteiger partial charge in [0.2, 0.25) is 10.0 Å². The number of sulfonamides is 1. The molecule has 1 rings (SSSR count). The molecule has 19 heavy (non-hydrogen) atoms. The van der Waals surface area contributed by atoms with E-state index in [1.165, 1.54) is 10.8 Å². The maximum absolute atomic E-state index is 12.0. The Kier molecular flexibility index (Phi) is 5.10. The maximum Gasteiger partial charge on any atom is 0.352 e. The molecule has 0 bridgehead atoms. The number of aliphatic hydroxyl groups is 1. The number of carboxylic acids is 1. The minimum atomic E-state index is -3.82. The monoisotopic (exact) mass is 290 g/mol. The fourth-order valence-corrected chi connectivity index (χ4v) is 2.96. The quantitative estimate of drug-likeness (QED) is 0.667. The third kappa shape index (κ3) is 3.55. The molecule has 0 spiro atoms. The molecule has 0 saturated heterocycles. The summed E-state index contributed by atoms with van der Waals surface area (Å²) in [6.07, 6.45) is 1.71. The number of nitrogens with one attached hydrogen (secondary N) is 1. The molecule has 1 atom stereocenters. The molecular formula is C11H18N2O5S. The van der Waals surface area contributed by atoms with Crippen LogP contribution in [0.1, 0.15) is 30.8 Å². The van der Waals surface area contributed by atoms with Gasteiger partial charge in [0.05, 0.1) is 6.61 Å². The Bertz CT molecular complexity index is 545.